The standard InChI is InChI=1S/C20H25N3O2/c1-13-10-16(11-15-4-3-7-22-19(13)15)14(2)23(17-5-6-17)20(24)18-12-21-8-9-25-18/h3-4,7,10-11,14,17-18,21H,5-6,8-9,12H2,1-2H3/t14-,18+/m0/s1. The maximum absolute atomic E-state index is 13.1. The Morgan fingerprint density at radius 3 is 2.96 bits per heavy atom. The molecule has 2 fully saturated rings. The highest BCUT2D eigenvalue weighted by molar-refractivity contribution is 5.84. The van der Waals surface area contributed by atoms with Crippen LogP contribution in [-0.4, -0.2) is 47.6 Å². The molecule has 0 radical (unpaired) electrons. The minimum Gasteiger partial charge on any atom is -0.366 e. The fraction of sp³-hybridized carbons (Fsp3) is 0.500. The normalized spacial score (nSPS) is 21.9. The van der Waals surface area contributed by atoms with Gasteiger partial charge in [0.15, 0.2) is 0 Å². The molecule has 25 heavy (non-hydrogen) atoms. The molecule has 2 heterocycles. The van der Waals surface area contributed by atoms with Crippen LogP contribution >= 0.6 is 0 Å². The van der Waals surface area contributed by atoms with Gasteiger partial charge in [-0.1, -0.05) is 12.1 Å². The highest BCUT2D eigenvalue weighted by Gasteiger charge is 2.39. The Kier molecular flexibility index (Phi) is 4.44. The van der Waals surface area contributed by atoms with Crippen molar-refractivity contribution in [2.45, 2.75) is 44.9 Å². The minimum atomic E-state index is -0.361. The summed E-state index contributed by atoms with van der Waals surface area (Å²) in [6.45, 7) is 6.24. The molecule has 1 aromatic heterocycles. The predicted molar refractivity (Wildman–Crippen MR) is 97.4 cm³/mol. The number of nitrogens with one attached hydrogen (secondary N) is 1. The average Bonchev–Trinajstić information content (AvgIpc) is 3.47. The van der Waals surface area contributed by atoms with Crippen molar-refractivity contribution in [1.29, 1.82) is 0 Å². The number of aromatic nitrogens is 1. The molecule has 5 nitrogen and oxygen atoms in total. The Balaban J connectivity index is 1.64. The maximum atomic E-state index is 13.1. The predicted octanol–water partition coefficient (Wildman–Crippen LogP) is 2.58. The third-order valence-corrected chi connectivity index (χ3v) is 5.22. The lowest BCUT2D eigenvalue weighted by Crippen LogP contribution is -2.50. The summed E-state index contributed by atoms with van der Waals surface area (Å²) in [6.07, 6.45) is 3.64. The van der Waals surface area contributed by atoms with Crippen molar-refractivity contribution in [2.75, 3.05) is 19.7 Å². The summed E-state index contributed by atoms with van der Waals surface area (Å²) in [5.74, 6) is 0.117. The SMILES string of the molecule is Cc1cc([C@H](C)N(C(=O)[C@H]2CNCCO2)C2CC2)cc2cccnc12. The molecule has 1 saturated heterocycles. The first-order valence-electron chi connectivity index (χ1n) is 9.15. The number of pyridine rings is 1. The van der Waals surface area contributed by atoms with E-state index in [4.69, 9.17) is 4.74 Å². The minimum absolute atomic E-state index is 0.0360. The molecule has 132 valence electrons. The number of carbonyl (C=O) groups is 1. The van der Waals surface area contributed by atoms with E-state index in [9.17, 15) is 4.79 Å². The van der Waals surface area contributed by atoms with E-state index in [2.05, 4.69) is 47.2 Å². The smallest absolute Gasteiger partial charge is 0.253 e. The number of hydrogen-bond donors (Lipinski definition) is 1. The van der Waals surface area contributed by atoms with Crippen LogP contribution in [0.25, 0.3) is 10.9 Å². The van der Waals surface area contributed by atoms with Gasteiger partial charge in [-0.2, -0.15) is 0 Å². The molecule has 0 bridgehead atoms. The Labute approximate surface area is 148 Å². The van der Waals surface area contributed by atoms with E-state index in [-0.39, 0.29) is 18.1 Å². The van der Waals surface area contributed by atoms with Crippen molar-refractivity contribution in [3.8, 4) is 0 Å². The molecule has 1 saturated carbocycles. The number of rotatable bonds is 4. The van der Waals surface area contributed by atoms with Gasteiger partial charge in [-0.05, 0) is 49.9 Å². The van der Waals surface area contributed by atoms with Crippen molar-refractivity contribution in [2.24, 2.45) is 0 Å². The van der Waals surface area contributed by atoms with Gasteiger partial charge in [0.05, 0.1) is 18.2 Å². The van der Waals surface area contributed by atoms with Gasteiger partial charge in [0, 0.05) is 30.7 Å². The fourth-order valence-corrected chi connectivity index (χ4v) is 3.74. The van der Waals surface area contributed by atoms with Crippen LogP contribution in [0.4, 0.5) is 0 Å². The molecular formula is C20H25N3O2. The first kappa shape index (κ1) is 16.5. The Morgan fingerprint density at radius 2 is 2.24 bits per heavy atom. The van der Waals surface area contributed by atoms with Gasteiger partial charge < -0.3 is 15.0 Å². The van der Waals surface area contributed by atoms with Crippen LogP contribution in [0.3, 0.4) is 0 Å². The van der Waals surface area contributed by atoms with Crippen LogP contribution in [0.1, 0.15) is 36.9 Å². The van der Waals surface area contributed by atoms with Crippen LogP contribution < -0.4 is 5.32 Å². The number of aryl methyl sites for hydroxylation is 1. The lowest BCUT2D eigenvalue weighted by atomic mass is 10.00. The zero-order valence-electron chi connectivity index (χ0n) is 14.9. The molecule has 2 atom stereocenters. The molecule has 1 N–H and O–H groups in total. The van der Waals surface area contributed by atoms with E-state index >= 15 is 0 Å². The number of carbonyl (C=O) groups excluding carboxylic acids is 1. The largest absolute Gasteiger partial charge is 0.366 e. The molecule has 1 aliphatic heterocycles. The molecule has 2 aromatic rings. The van der Waals surface area contributed by atoms with Crippen LogP contribution in [-0.2, 0) is 9.53 Å². The second-order valence-corrected chi connectivity index (χ2v) is 7.13. The van der Waals surface area contributed by atoms with E-state index in [1.165, 1.54) is 5.56 Å². The Bertz CT molecular complexity index is 782. The second kappa shape index (κ2) is 6.73. The zero-order chi connectivity index (χ0) is 17.4. The van der Waals surface area contributed by atoms with Gasteiger partial charge in [-0.15, -0.1) is 0 Å². The van der Waals surface area contributed by atoms with E-state index in [0.29, 0.717) is 19.2 Å². The van der Waals surface area contributed by atoms with Gasteiger partial charge in [-0.25, -0.2) is 0 Å². The highest BCUT2D eigenvalue weighted by atomic mass is 16.5. The molecule has 0 unspecified atom stereocenters. The lowest BCUT2D eigenvalue weighted by Gasteiger charge is -2.34. The number of morpholine rings is 1. The topological polar surface area (TPSA) is 54.5 Å². The summed E-state index contributed by atoms with van der Waals surface area (Å²) in [7, 11) is 0. The summed E-state index contributed by atoms with van der Waals surface area (Å²) in [5, 5.41) is 4.39. The van der Waals surface area contributed by atoms with Crippen molar-refractivity contribution in [1.82, 2.24) is 15.2 Å². The summed E-state index contributed by atoms with van der Waals surface area (Å²) in [5.41, 5.74) is 3.35. The molecule has 1 amide bonds. The number of fused-ring (bicyclic) bond motifs is 1. The number of amides is 1. The highest BCUT2D eigenvalue weighted by Crippen LogP contribution is 2.36. The fourth-order valence-electron chi connectivity index (χ4n) is 3.74. The lowest BCUT2D eigenvalue weighted by molar-refractivity contribution is -0.148. The van der Waals surface area contributed by atoms with Crippen molar-refractivity contribution in [3.05, 3.63) is 41.6 Å². The van der Waals surface area contributed by atoms with E-state index < -0.39 is 0 Å². The monoisotopic (exact) mass is 339 g/mol. The van der Waals surface area contributed by atoms with Gasteiger partial charge in [0.25, 0.3) is 5.91 Å². The van der Waals surface area contributed by atoms with Crippen molar-refractivity contribution >= 4 is 16.8 Å². The van der Waals surface area contributed by atoms with E-state index in [1.807, 2.05) is 12.3 Å². The molecule has 2 aliphatic rings. The number of nitrogens with zero attached hydrogens (tertiary/aromatic N) is 2. The van der Waals surface area contributed by atoms with Crippen LogP contribution in [0.5, 0.6) is 0 Å². The molecular weight excluding hydrogens is 314 g/mol. The summed E-state index contributed by atoms with van der Waals surface area (Å²) < 4.78 is 5.71. The van der Waals surface area contributed by atoms with E-state index in [1.54, 1.807) is 0 Å². The van der Waals surface area contributed by atoms with Crippen molar-refractivity contribution < 1.29 is 9.53 Å². The first-order chi connectivity index (χ1) is 12.1. The molecule has 0 spiro atoms. The molecule has 4 rings (SSSR count). The third-order valence-electron chi connectivity index (χ3n) is 5.22. The molecule has 5 heteroatoms. The average molecular weight is 339 g/mol. The van der Waals surface area contributed by atoms with Gasteiger partial charge in [0.2, 0.25) is 0 Å². The first-order valence-corrected chi connectivity index (χ1v) is 9.15. The Hall–Kier alpha value is -1.98. The number of benzene rings is 1. The van der Waals surface area contributed by atoms with Crippen molar-refractivity contribution in [3.63, 3.8) is 0 Å². The molecule has 1 aromatic carbocycles. The van der Waals surface area contributed by atoms with Gasteiger partial charge >= 0.3 is 0 Å². The second-order valence-electron chi connectivity index (χ2n) is 7.13. The van der Waals surface area contributed by atoms with Crippen LogP contribution in [0.15, 0.2) is 30.5 Å². The van der Waals surface area contributed by atoms with Crippen LogP contribution in [0.2, 0.25) is 0 Å². The summed E-state index contributed by atoms with van der Waals surface area (Å²) >= 11 is 0. The number of ether oxygens (including phenoxy) is 1. The summed E-state index contributed by atoms with van der Waals surface area (Å²) in [6, 6.07) is 8.77. The van der Waals surface area contributed by atoms with Gasteiger partial charge in [0.1, 0.15) is 6.10 Å². The Morgan fingerprint density at radius 1 is 1.40 bits per heavy atom. The number of hydrogen-bond acceptors (Lipinski definition) is 4. The quantitative estimate of drug-likeness (QED) is 0.930. The molecule has 1 aliphatic carbocycles. The third kappa shape index (κ3) is 3.26. The van der Waals surface area contributed by atoms with E-state index in [0.717, 1.165) is 35.9 Å². The zero-order valence-corrected chi connectivity index (χ0v) is 14.9. The maximum Gasteiger partial charge on any atom is 0.253 e. The van der Waals surface area contributed by atoms with Gasteiger partial charge in [-0.3, -0.25) is 9.78 Å². The summed E-state index contributed by atoms with van der Waals surface area (Å²) in [4.78, 5) is 19.6. The van der Waals surface area contributed by atoms with Crippen LogP contribution in [0, 0.1) is 6.92 Å².